The summed E-state index contributed by atoms with van der Waals surface area (Å²) in [5, 5.41) is 34.1. The van der Waals surface area contributed by atoms with E-state index in [-0.39, 0.29) is 19.1 Å². The first-order valence-corrected chi connectivity index (χ1v) is 7.09. The summed E-state index contributed by atoms with van der Waals surface area (Å²) in [4.78, 5) is 11.9. The van der Waals surface area contributed by atoms with Crippen LogP contribution in [0.3, 0.4) is 0 Å². The molecule has 0 aliphatic carbocycles. The minimum absolute atomic E-state index is 0.167. The third kappa shape index (κ3) is 3.36. The highest BCUT2D eigenvalue weighted by molar-refractivity contribution is 9.10. The van der Waals surface area contributed by atoms with Crippen LogP contribution in [-0.4, -0.2) is 58.7 Å². The largest absolute Gasteiger partial charge is 0.395 e. The van der Waals surface area contributed by atoms with Crippen molar-refractivity contribution >= 4 is 21.8 Å². The molecule has 0 spiro atoms. The summed E-state index contributed by atoms with van der Waals surface area (Å²) in [7, 11) is 0. The summed E-state index contributed by atoms with van der Waals surface area (Å²) in [6.45, 7) is -0.103. The Hall–Kier alpha value is -0.990. The van der Waals surface area contributed by atoms with Crippen molar-refractivity contribution in [2.45, 2.75) is 24.3 Å². The van der Waals surface area contributed by atoms with Crippen LogP contribution in [0.1, 0.15) is 10.4 Å². The summed E-state index contributed by atoms with van der Waals surface area (Å²) in [5.41, 5.74) is 0.506. The van der Waals surface area contributed by atoms with E-state index in [1.807, 2.05) is 6.07 Å². The van der Waals surface area contributed by atoms with E-state index in [9.17, 15) is 15.0 Å². The molecule has 0 aromatic heterocycles. The molecule has 1 aromatic carbocycles. The van der Waals surface area contributed by atoms with Crippen molar-refractivity contribution in [1.82, 2.24) is 10.6 Å². The van der Waals surface area contributed by atoms with E-state index < -0.39 is 24.3 Å². The molecule has 2 rings (SSSR count). The van der Waals surface area contributed by atoms with E-state index >= 15 is 0 Å². The third-order valence-corrected chi connectivity index (χ3v) is 3.86. The first-order chi connectivity index (χ1) is 9.52. The number of hydrogen-bond donors (Lipinski definition) is 5. The van der Waals surface area contributed by atoms with Gasteiger partial charge in [0.1, 0.15) is 0 Å². The number of carbonyl (C=O) groups is 1. The second-order valence-corrected chi connectivity index (χ2v) is 5.68. The molecule has 0 saturated carbocycles. The third-order valence-electron chi connectivity index (χ3n) is 3.37. The molecule has 1 aliphatic heterocycles. The highest BCUT2D eigenvalue weighted by atomic mass is 79.9. The molecule has 1 aliphatic rings. The Bertz CT molecular complexity index is 485. The van der Waals surface area contributed by atoms with E-state index in [0.717, 1.165) is 4.47 Å². The molecule has 0 radical (unpaired) electrons. The van der Waals surface area contributed by atoms with Gasteiger partial charge < -0.3 is 26.0 Å². The van der Waals surface area contributed by atoms with Crippen LogP contribution in [0.25, 0.3) is 0 Å². The van der Waals surface area contributed by atoms with Gasteiger partial charge in [0.15, 0.2) is 0 Å². The van der Waals surface area contributed by atoms with Crippen LogP contribution >= 0.6 is 15.9 Å². The van der Waals surface area contributed by atoms with Gasteiger partial charge in [-0.1, -0.05) is 22.0 Å². The van der Waals surface area contributed by atoms with Crippen LogP contribution in [0, 0.1) is 0 Å². The zero-order valence-corrected chi connectivity index (χ0v) is 12.2. The van der Waals surface area contributed by atoms with Crippen LogP contribution in [-0.2, 0) is 0 Å². The van der Waals surface area contributed by atoms with Gasteiger partial charge in [0.2, 0.25) is 0 Å². The lowest BCUT2D eigenvalue weighted by atomic mass is 10.1. The van der Waals surface area contributed by atoms with E-state index in [0.29, 0.717) is 5.56 Å². The van der Waals surface area contributed by atoms with Crippen molar-refractivity contribution in [2.75, 3.05) is 13.2 Å². The Labute approximate surface area is 124 Å². The van der Waals surface area contributed by atoms with Gasteiger partial charge in [-0.2, -0.15) is 0 Å². The fourth-order valence-electron chi connectivity index (χ4n) is 2.22. The Kier molecular flexibility index (Phi) is 5.11. The van der Waals surface area contributed by atoms with Crippen molar-refractivity contribution in [1.29, 1.82) is 0 Å². The van der Waals surface area contributed by atoms with Gasteiger partial charge in [-0.15, -0.1) is 0 Å². The molecule has 1 saturated heterocycles. The predicted octanol–water partition coefficient (Wildman–Crippen LogP) is -0.767. The highest BCUT2D eigenvalue weighted by Gasteiger charge is 2.40. The summed E-state index contributed by atoms with van der Waals surface area (Å²) in [5.74, 6) is -0.262. The monoisotopic (exact) mass is 344 g/mol. The number of carbonyl (C=O) groups excluding carboxylic acids is 1. The Morgan fingerprint density at radius 1 is 1.30 bits per heavy atom. The van der Waals surface area contributed by atoms with Crippen molar-refractivity contribution < 1.29 is 20.1 Å². The van der Waals surface area contributed by atoms with Crippen LogP contribution in [0.2, 0.25) is 0 Å². The van der Waals surface area contributed by atoms with E-state index in [4.69, 9.17) is 5.11 Å². The number of halogens is 1. The average Bonchev–Trinajstić information content (AvgIpc) is 2.72. The molecule has 5 N–H and O–H groups in total. The lowest BCUT2D eigenvalue weighted by Gasteiger charge is -2.16. The van der Waals surface area contributed by atoms with Gasteiger partial charge in [0.05, 0.1) is 30.9 Å². The van der Waals surface area contributed by atoms with Crippen molar-refractivity contribution in [3.05, 3.63) is 34.3 Å². The zero-order valence-electron chi connectivity index (χ0n) is 10.7. The Morgan fingerprint density at radius 2 is 2.00 bits per heavy atom. The zero-order chi connectivity index (χ0) is 14.7. The summed E-state index contributed by atoms with van der Waals surface area (Å²) >= 11 is 3.29. The SMILES string of the molecule is O=C(NC[C@H]1N[C@H](CO)[C@@H](O)[C@@H]1O)c1cccc(Br)c1. The van der Waals surface area contributed by atoms with Gasteiger partial charge in [0, 0.05) is 16.6 Å². The minimum atomic E-state index is -1.03. The fourth-order valence-corrected chi connectivity index (χ4v) is 2.62. The first kappa shape index (κ1) is 15.4. The smallest absolute Gasteiger partial charge is 0.251 e. The highest BCUT2D eigenvalue weighted by Crippen LogP contribution is 2.14. The number of hydrogen-bond acceptors (Lipinski definition) is 5. The molecule has 0 unspecified atom stereocenters. The number of amides is 1. The standard InChI is InChI=1S/C13H17BrN2O4/c14-8-3-1-2-7(4-8)13(20)15-5-9-11(18)12(19)10(6-17)16-9/h1-4,9-12,16-19H,5-6H2,(H,15,20)/t9-,10-,11-,12-/m1/s1. The molecule has 4 atom stereocenters. The molecule has 0 bridgehead atoms. The molecule has 1 fully saturated rings. The van der Waals surface area contributed by atoms with Gasteiger partial charge >= 0.3 is 0 Å². The molecular formula is C13H17BrN2O4. The van der Waals surface area contributed by atoms with Gasteiger partial charge in [-0.25, -0.2) is 0 Å². The number of nitrogens with one attached hydrogen (secondary N) is 2. The van der Waals surface area contributed by atoms with Crippen LogP contribution in [0.5, 0.6) is 0 Å². The predicted molar refractivity (Wildman–Crippen MR) is 76.3 cm³/mol. The van der Waals surface area contributed by atoms with E-state index in [2.05, 4.69) is 26.6 Å². The lowest BCUT2D eigenvalue weighted by molar-refractivity contribution is 0.0197. The molecule has 20 heavy (non-hydrogen) atoms. The molecule has 1 heterocycles. The molecular weight excluding hydrogens is 328 g/mol. The number of benzene rings is 1. The number of aliphatic hydroxyl groups excluding tert-OH is 3. The molecule has 6 nitrogen and oxygen atoms in total. The van der Waals surface area contributed by atoms with Crippen molar-refractivity contribution in [2.24, 2.45) is 0 Å². The van der Waals surface area contributed by atoms with Crippen molar-refractivity contribution in [3.8, 4) is 0 Å². The number of rotatable bonds is 4. The molecule has 7 heteroatoms. The lowest BCUT2D eigenvalue weighted by Crippen LogP contribution is -2.44. The summed E-state index contributed by atoms with van der Waals surface area (Å²) < 4.78 is 0.806. The summed E-state index contributed by atoms with van der Waals surface area (Å²) in [6, 6.07) is 5.90. The fraction of sp³-hybridized carbons (Fsp3) is 0.462. The second-order valence-electron chi connectivity index (χ2n) is 4.76. The minimum Gasteiger partial charge on any atom is -0.395 e. The van der Waals surface area contributed by atoms with Crippen LogP contribution < -0.4 is 10.6 Å². The molecule has 1 aromatic rings. The van der Waals surface area contributed by atoms with Crippen LogP contribution in [0.15, 0.2) is 28.7 Å². The number of aliphatic hydroxyl groups is 3. The summed E-state index contributed by atoms with van der Waals surface area (Å²) in [6.07, 6.45) is -2.05. The normalized spacial score (nSPS) is 29.4. The maximum atomic E-state index is 11.9. The first-order valence-electron chi connectivity index (χ1n) is 6.29. The Balaban J connectivity index is 1.91. The second kappa shape index (κ2) is 6.64. The molecule has 110 valence electrons. The maximum Gasteiger partial charge on any atom is 0.251 e. The molecule has 1 amide bonds. The van der Waals surface area contributed by atoms with Crippen molar-refractivity contribution in [3.63, 3.8) is 0 Å². The topological polar surface area (TPSA) is 102 Å². The van der Waals surface area contributed by atoms with E-state index in [1.54, 1.807) is 18.2 Å². The quantitative estimate of drug-likeness (QED) is 0.494. The van der Waals surface area contributed by atoms with Gasteiger partial charge in [0.25, 0.3) is 5.91 Å². The van der Waals surface area contributed by atoms with E-state index in [1.165, 1.54) is 0 Å². The van der Waals surface area contributed by atoms with Gasteiger partial charge in [-0.05, 0) is 18.2 Å². The average molecular weight is 345 g/mol. The Morgan fingerprint density at radius 3 is 2.60 bits per heavy atom. The van der Waals surface area contributed by atoms with Gasteiger partial charge in [-0.3, -0.25) is 4.79 Å². The van der Waals surface area contributed by atoms with Crippen LogP contribution in [0.4, 0.5) is 0 Å². The maximum absolute atomic E-state index is 11.9.